The number of carbonyl (C=O) groups is 1. The average molecular weight is 253 g/mol. The Labute approximate surface area is 108 Å². The molecule has 0 aromatic carbocycles. The number of nitrogens with one attached hydrogen (secondary N) is 1. The van der Waals surface area contributed by atoms with Crippen molar-refractivity contribution in [1.82, 2.24) is 10.2 Å². The van der Waals surface area contributed by atoms with E-state index in [4.69, 9.17) is 10.5 Å². The van der Waals surface area contributed by atoms with Gasteiger partial charge in [0.05, 0.1) is 5.60 Å². The average Bonchev–Trinajstić information content (AvgIpc) is 2.37. The van der Waals surface area contributed by atoms with E-state index in [1.165, 1.54) is 19.3 Å². The summed E-state index contributed by atoms with van der Waals surface area (Å²) in [7, 11) is 0. The van der Waals surface area contributed by atoms with Gasteiger partial charge in [-0.15, -0.1) is 0 Å². The first-order valence-corrected chi connectivity index (χ1v) is 7.10. The van der Waals surface area contributed by atoms with E-state index < -0.39 is 0 Å². The lowest BCUT2D eigenvalue weighted by Gasteiger charge is -2.51. The van der Waals surface area contributed by atoms with Crippen molar-refractivity contribution < 1.29 is 9.53 Å². The summed E-state index contributed by atoms with van der Waals surface area (Å²) in [5, 5.41) is 3.26. The zero-order valence-electron chi connectivity index (χ0n) is 10.9. The van der Waals surface area contributed by atoms with Gasteiger partial charge < -0.3 is 15.8 Å². The fraction of sp³-hybridized carbons (Fsp3) is 0.923. The summed E-state index contributed by atoms with van der Waals surface area (Å²) in [6.45, 7) is 3.41. The summed E-state index contributed by atoms with van der Waals surface area (Å²) < 4.78 is 5.96. The maximum Gasteiger partial charge on any atom is 0.236 e. The van der Waals surface area contributed by atoms with Crippen LogP contribution in [0.25, 0.3) is 0 Å². The molecule has 18 heavy (non-hydrogen) atoms. The highest BCUT2D eigenvalue weighted by atomic mass is 16.5. The predicted molar refractivity (Wildman–Crippen MR) is 68.1 cm³/mol. The molecule has 2 heterocycles. The summed E-state index contributed by atoms with van der Waals surface area (Å²) in [5.41, 5.74) is 5.66. The summed E-state index contributed by atoms with van der Waals surface area (Å²) in [4.78, 5) is 13.9. The van der Waals surface area contributed by atoms with Crippen molar-refractivity contribution in [3.8, 4) is 0 Å². The molecule has 3 aliphatic rings. The lowest BCUT2D eigenvalue weighted by atomic mass is 9.73. The number of carbonyl (C=O) groups excluding carboxylic acids is 1. The maximum absolute atomic E-state index is 11.6. The lowest BCUT2D eigenvalue weighted by Crippen LogP contribution is -2.62. The van der Waals surface area contributed by atoms with Gasteiger partial charge in [0.25, 0.3) is 0 Å². The van der Waals surface area contributed by atoms with Gasteiger partial charge in [0.1, 0.15) is 6.04 Å². The van der Waals surface area contributed by atoms with E-state index >= 15 is 0 Å². The Bertz CT molecular complexity index is 330. The molecule has 5 nitrogen and oxygen atoms in total. The number of amides is 1. The van der Waals surface area contributed by atoms with Gasteiger partial charge in [0.2, 0.25) is 5.91 Å². The van der Waals surface area contributed by atoms with Crippen molar-refractivity contribution >= 4 is 5.91 Å². The highest BCUT2D eigenvalue weighted by Crippen LogP contribution is 2.43. The first-order chi connectivity index (χ1) is 8.70. The predicted octanol–water partition coefficient (Wildman–Crippen LogP) is -0.153. The minimum absolute atomic E-state index is 0.135. The largest absolute Gasteiger partial charge is 0.375 e. The smallest absolute Gasteiger partial charge is 0.236 e. The van der Waals surface area contributed by atoms with E-state index in [1.54, 1.807) is 0 Å². The van der Waals surface area contributed by atoms with E-state index in [2.05, 4.69) is 10.2 Å². The molecule has 2 aliphatic heterocycles. The Morgan fingerprint density at radius 1 is 1.44 bits per heavy atom. The third kappa shape index (κ3) is 2.15. The quantitative estimate of drug-likeness (QED) is 0.718. The van der Waals surface area contributed by atoms with Crippen molar-refractivity contribution in [2.45, 2.75) is 49.8 Å². The highest BCUT2D eigenvalue weighted by molar-refractivity contribution is 5.80. The molecule has 1 saturated carbocycles. The molecule has 3 N–H and O–H groups in total. The Hall–Kier alpha value is -0.650. The summed E-state index contributed by atoms with van der Waals surface area (Å²) in [6, 6.07) is 0.331. The third-order valence-electron chi connectivity index (χ3n) is 4.81. The van der Waals surface area contributed by atoms with Gasteiger partial charge in [-0.25, -0.2) is 0 Å². The second-order valence-electron chi connectivity index (χ2n) is 5.89. The van der Waals surface area contributed by atoms with E-state index in [9.17, 15) is 4.79 Å². The van der Waals surface area contributed by atoms with E-state index in [0.29, 0.717) is 12.6 Å². The number of hydrogen-bond acceptors (Lipinski definition) is 4. The lowest BCUT2D eigenvalue weighted by molar-refractivity contribution is -0.156. The number of nitrogens with two attached hydrogens (primary N) is 1. The van der Waals surface area contributed by atoms with Crippen LogP contribution in [0.2, 0.25) is 0 Å². The number of ether oxygens (including phenoxy) is 1. The summed E-state index contributed by atoms with van der Waals surface area (Å²) in [6.07, 6.45) is 5.78. The molecule has 1 amide bonds. The normalized spacial score (nSPS) is 36.2. The van der Waals surface area contributed by atoms with Crippen LogP contribution in [0, 0.1) is 0 Å². The maximum atomic E-state index is 11.6. The molecule has 1 aliphatic carbocycles. The third-order valence-corrected chi connectivity index (χ3v) is 4.81. The molecule has 1 spiro atoms. The van der Waals surface area contributed by atoms with Crippen molar-refractivity contribution in [2.24, 2.45) is 5.73 Å². The van der Waals surface area contributed by atoms with Crippen LogP contribution in [-0.2, 0) is 9.53 Å². The minimum Gasteiger partial charge on any atom is -0.375 e. The van der Waals surface area contributed by atoms with Gasteiger partial charge >= 0.3 is 0 Å². The number of nitrogens with zero attached hydrogens (tertiary/aromatic N) is 1. The van der Waals surface area contributed by atoms with Crippen molar-refractivity contribution in [3.05, 3.63) is 0 Å². The standard InChI is InChI=1S/C13H23N3O2/c14-12(17)11-9-15-5-6-16(11)10-2-7-18-13(8-10)3-1-4-13/h10-11,15H,1-9H2,(H2,14,17). The molecule has 2 atom stereocenters. The van der Waals surface area contributed by atoms with Gasteiger partial charge in [0.15, 0.2) is 0 Å². The Kier molecular flexibility index (Phi) is 3.30. The van der Waals surface area contributed by atoms with E-state index in [-0.39, 0.29) is 17.6 Å². The molecule has 2 saturated heterocycles. The molecular weight excluding hydrogens is 230 g/mol. The zero-order valence-corrected chi connectivity index (χ0v) is 10.9. The first-order valence-electron chi connectivity index (χ1n) is 7.10. The number of rotatable bonds is 2. The minimum atomic E-state index is -0.198. The highest BCUT2D eigenvalue weighted by Gasteiger charge is 2.45. The van der Waals surface area contributed by atoms with Crippen LogP contribution in [0.4, 0.5) is 0 Å². The summed E-state index contributed by atoms with van der Waals surface area (Å²) >= 11 is 0. The monoisotopic (exact) mass is 253 g/mol. The fourth-order valence-electron chi connectivity index (χ4n) is 3.63. The van der Waals surface area contributed by atoms with Gasteiger partial charge in [-0.05, 0) is 32.1 Å². The molecule has 3 rings (SSSR count). The van der Waals surface area contributed by atoms with Gasteiger partial charge in [-0.2, -0.15) is 0 Å². The number of primary amides is 1. The van der Waals surface area contributed by atoms with Crippen LogP contribution >= 0.6 is 0 Å². The van der Waals surface area contributed by atoms with Crippen molar-refractivity contribution in [1.29, 1.82) is 0 Å². The van der Waals surface area contributed by atoms with Crippen LogP contribution in [0.5, 0.6) is 0 Å². The first kappa shape index (κ1) is 12.4. The van der Waals surface area contributed by atoms with Gasteiger partial charge in [0, 0.05) is 32.3 Å². The molecule has 2 unspecified atom stereocenters. The van der Waals surface area contributed by atoms with E-state index in [0.717, 1.165) is 32.5 Å². The Morgan fingerprint density at radius 2 is 2.28 bits per heavy atom. The second-order valence-corrected chi connectivity index (χ2v) is 5.89. The molecule has 0 bridgehead atoms. The van der Waals surface area contributed by atoms with Crippen LogP contribution < -0.4 is 11.1 Å². The fourth-order valence-corrected chi connectivity index (χ4v) is 3.63. The summed E-state index contributed by atoms with van der Waals surface area (Å²) in [5.74, 6) is -0.198. The molecular formula is C13H23N3O2. The van der Waals surface area contributed by atoms with Crippen LogP contribution in [0.1, 0.15) is 32.1 Å². The zero-order chi connectivity index (χ0) is 12.6. The molecule has 5 heteroatoms. The molecule has 3 fully saturated rings. The molecule has 0 aromatic rings. The van der Waals surface area contributed by atoms with Crippen LogP contribution in [0.3, 0.4) is 0 Å². The SMILES string of the molecule is NC(=O)C1CNCCN1C1CCOC2(CCC2)C1. The number of piperazine rings is 1. The van der Waals surface area contributed by atoms with Crippen LogP contribution in [0.15, 0.2) is 0 Å². The topological polar surface area (TPSA) is 67.6 Å². The van der Waals surface area contributed by atoms with Gasteiger partial charge in [-0.3, -0.25) is 9.69 Å². The van der Waals surface area contributed by atoms with E-state index in [1.807, 2.05) is 0 Å². The Morgan fingerprint density at radius 3 is 2.94 bits per heavy atom. The van der Waals surface area contributed by atoms with Gasteiger partial charge in [-0.1, -0.05) is 0 Å². The second kappa shape index (κ2) is 4.79. The number of hydrogen-bond donors (Lipinski definition) is 2. The van der Waals surface area contributed by atoms with Crippen molar-refractivity contribution in [2.75, 3.05) is 26.2 Å². The van der Waals surface area contributed by atoms with Crippen LogP contribution in [-0.4, -0.2) is 54.7 Å². The Balaban J connectivity index is 1.69. The van der Waals surface area contributed by atoms with Crippen molar-refractivity contribution in [3.63, 3.8) is 0 Å². The molecule has 0 radical (unpaired) electrons. The molecule has 0 aromatic heterocycles. The molecule has 102 valence electrons.